The Hall–Kier alpha value is -2.53. The lowest BCUT2D eigenvalue weighted by Gasteiger charge is -2.36. The van der Waals surface area contributed by atoms with Crippen molar-refractivity contribution in [2.45, 2.75) is 12.5 Å². The van der Waals surface area contributed by atoms with E-state index in [9.17, 15) is 13.6 Å². The third-order valence-electron chi connectivity index (χ3n) is 4.50. The van der Waals surface area contributed by atoms with Crippen molar-refractivity contribution in [2.24, 2.45) is 0 Å². The van der Waals surface area contributed by atoms with Crippen LogP contribution in [0.15, 0.2) is 60.0 Å². The molecule has 2 aromatic carbocycles. The number of benzene rings is 2. The Balaban J connectivity index is 1.80. The fourth-order valence-corrected chi connectivity index (χ4v) is 4.25. The molecule has 0 fully saturated rings. The molecule has 1 amide bonds. The lowest BCUT2D eigenvalue weighted by atomic mass is 9.92. The number of carbonyl (C=O) groups excluding carboxylic acids is 1. The molecule has 2 heterocycles. The summed E-state index contributed by atoms with van der Waals surface area (Å²) >= 11 is 1.67. The summed E-state index contributed by atoms with van der Waals surface area (Å²) in [6.07, 6.45) is 0.721. The van der Waals surface area contributed by atoms with E-state index >= 15 is 0 Å². The second kappa shape index (κ2) is 6.41. The maximum Gasteiger partial charge on any atom is 0.257 e. The molecular weight excluding hydrogens is 340 g/mol. The van der Waals surface area contributed by atoms with E-state index in [1.54, 1.807) is 16.2 Å². The standard InChI is InChI=1S/C20H15F2NOS/c21-14-6-7-17(22)16(12-14)20(24)23-10-8-18-15(9-11-25-18)19(23)13-4-2-1-3-5-13/h1-7,9,11-12,19H,8,10H2. The highest BCUT2D eigenvalue weighted by Gasteiger charge is 2.34. The number of fused-ring (bicyclic) bond motifs is 1. The van der Waals surface area contributed by atoms with Crippen molar-refractivity contribution in [3.8, 4) is 0 Å². The Morgan fingerprint density at radius 3 is 2.68 bits per heavy atom. The van der Waals surface area contributed by atoms with E-state index in [4.69, 9.17) is 0 Å². The van der Waals surface area contributed by atoms with Crippen LogP contribution in [0.25, 0.3) is 0 Å². The summed E-state index contributed by atoms with van der Waals surface area (Å²) in [6, 6.07) is 14.4. The van der Waals surface area contributed by atoms with Crippen LogP contribution in [0.2, 0.25) is 0 Å². The Labute approximate surface area is 148 Å². The minimum absolute atomic E-state index is 0.223. The zero-order valence-corrected chi connectivity index (χ0v) is 14.1. The van der Waals surface area contributed by atoms with Gasteiger partial charge in [0.25, 0.3) is 5.91 Å². The van der Waals surface area contributed by atoms with Crippen LogP contribution in [0.4, 0.5) is 8.78 Å². The summed E-state index contributed by atoms with van der Waals surface area (Å²) in [6.45, 7) is 0.474. The highest BCUT2D eigenvalue weighted by atomic mass is 32.1. The van der Waals surface area contributed by atoms with Gasteiger partial charge < -0.3 is 4.90 Å². The minimum atomic E-state index is -0.700. The normalized spacial score (nSPS) is 16.6. The zero-order valence-electron chi connectivity index (χ0n) is 13.3. The maximum atomic E-state index is 14.1. The molecule has 0 N–H and O–H groups in total. The summed E-state index contributed by atoms with van der Waals surface area (Å²) in [5, 5.41) is 2.01. The first-order valence-electron chi connectivity index (χ1n) is 8.02. The molecular formula is C20H15F2NOS. The molecule has 1 aliphatic heterocycles. The van der Waals surface area contributed by atoms with Crippen LogP contribution in [0.3, 0.4) is 0 Å². The molecule has 5 heteroatoms. The number of thiophene rings is 1. The van der Waals surface area contributed by atoms with Crippen molar-refractivity contribution < 1.29 is 13.6 Å². The van der Waals surface area contributed by atoms with Crippen LogP contribution in [0, 0.1) is 11.6 Å². The van der Waals surface area contributed by atoms with Crippen LogP contribution in [-0.2, 0) is 6.42 Å². The van der Waals surface area contributed by atoms with E-state index < -0.39 is 17.5 Å². The van der Waals surface area contributed by atoms with Gasteiger partial charge in [0.2, 0.25) is 0 Å². The Kier molecular flexibility index (Phi) is 4.09. The summed E-state index contributed by atoms with van der Waals surface area (Å²) in [4.78, 5) is 15.9. The van der Waals surface area contributed by atoms with Gasteiger partial charge in [0, 0.05) is 11.4 Å². The topological polar surface area (TPSA) is 20.3 Å². The van der Waals surface area contributed by atoms with Gasteiger partial charge in [0.15, 0.2) is 0 Å². The average Bonchev–Trinajstić information content (AvgIpc) is 3.11. The second-order valence-corrected chi connectivity index (χ2v) is 6.99. The third kappa shape index (κ3) is 2.85. The molecule has 1 aromatic heterocycles. The van der Waals surface area contributed by atoms with Crippen molar-refractivity contribution in [2.75, 3.05) is 6.54 Å². The molecule has 0 saturated heterocycles. The molecule has 0 radical (unpaired) electrons. The number of carbonyl (C=O) groups is 1. The largest absolute Gasteiger partial charge is 0.327 e. The van der Waals surface area contributed by atoms with Gasteiger partial charge in [-0.3, -0.25) is 4.79 Å². The summed E-state index contributed by atoms with van der Waals surface area (Å²) in [5.41, 5.74) is 1.80. The first kappa shape index (κ1) is 16.0. The molecule has 0 saturated carbocycles. The highest BCUT2D eigenvalue weighted by Crippen LogP contribution is 2.38. The molecule has 4 rings (SSSR count). The quantitative estimate of drug-likeness (QED) is 0.646. The molecule has 0 spiro atoms. The van der Waals surface area contributed by atoms with Gasteiger partial charge in [-0.25, -0.2) is 8.78 Å². The predicted octanol–water partition coefficient (Wildman–Crippen LogP) is 4.81. The molecule has 1 unspecified atom stereocenters. The number of halogens is 2. The Bertz CT molecular complexity index is 922. The van der Waals surface area contributed by atoms with Gasteiger partial charge in [0.1, 0.15) is 11.6 Å². The maximum absolute atomic E-state index is 14.1. The lowest BCUT2D eigenvalue weighted by Crippen LogP contribution is -2.40. The van der Waals surface area contributed by atoms with E-state index in [1.165, 1.54) is 4.88 Å². The van der Waals surface area contributed by atoms with Crippen molar-refractivity contribution >= 4 is 17.2 Å². The molecule has 1 aliphatic rings. The Morgan fingerprint density at radius 1 is 1.08 bits per heavy atom. The molecule has 3 aromatic rings. The highest BCUT2D eigenvalue weighted by molar-refractivity contribution is 7.10. The van der Waals surface area contributed by atoms with Gasteiger partial charge in [-0.15, -0.1) is 11.3 Å². The van der Waals surface area contributed by atoms with Crippen molar-refractivity contribution in [3.63, 3.8) is 0 Å². The zero-order chi connectivity index (χ0) is 17.4. The van der Waals surface area contributed by atoms with E-state index in [2.05, 4.69) is 0 Å². The van der Waals surface area contributed by atoms with Gasteiger partial charge in [-0.2, -0.15) is 0 Å². The molecule has 0 aliphatic carbocycles. The summed E-state index contributed by atoms with van der Waals surface area (Å²) in [5.74, 6) is -1.80. The van der Waals surface area contributed by atoms with Gasteiger partial charge >= 0.3 is 0 Å². The van der Waals surface area contributed by atoms with Gasteiger partial charge in [-0.05, 0) is 47.2 Å². The van der Waals surface area contributed by atoms with Gasteiger partial charge in [0.05, 0.1) is 11.6 Å². The van der Waals surface area contributed by atoms with E-state index in [0.717, 1.165) is 35.7 Å². The smallest absolute Gasteiger partial charge is 0.257 e. The number of hydrogen-bond donors (Lipinski definition) is 0. The van der Waals surface area contributed by atoms with Crippen LogP contribution in [0.1, 0.15) is 32.4 Å². The SMILES string of the molecule is O=C(c1cc(F)ccc1F)N1CCc2sccc2C1c1ccccc1. The molecule has 0 bridgehead atoms. The van der Waals surface area contributed by atoms with Crippen molar-refractivity contribution in [3.05, 3.63) is 93.2 Å². The minimum Gasteiger partial charge on any atom is -0.327 e. The summed E-state index contributed by atoms with van der Waals surface area (Å²) in [7, 11) is 0. The number of hydrogen-bond acceptors (Lipinski definition) is 2. The average molecular weight is 355 g/mol. The van der Waals surface area contributed by atoms with Crippen LogP contribution >= 0.6 is 11.3 Å². The van der Waals surface area contributed by atoms with Gasteiger partial charge in [-0.1, -0.05) is 30.3 Å². The van der Waals surface area contributed by atoms with Crippen LogP contribution < -0.4 is 0 Å². The fraction of sp³-hybridized carbons (Fsp3) is 0.150. The lowest BCUT2D eigenvalue weighted by molar-refractivity contribution is 0.0690. The van der Waals surface area contributed by atoms with Crippen LogP contribution in [-0.4, -0.2) is 17.4 Å². The van der Waals surface area contributed by atoms with Crippen molar-refractivity contribution in [1.29, 1.82) is 0 Å². The van der Waals surface area contributed by atoms with Crippen molar-refractivity contribution in [1.82, 2.24) is 4.90 Å². The molecule has 2 nitrogen and oxygen atoms in total. The first-order valence-corrected chi connectivity index (χ1v) is 8.90. The first-order chi connectivity index (χ1) is 12.1. The van der Waals surface area contributed by atoms with E-state index in [1.807, 2.05) is 41.8 Å². The fourth-order valence-electron chi connectivity index (χ4n) is 3.35. The number of amides is 1. The number of nitrogens with zero attached hydrogens (tertiary/aromatic N) is 1. The molecule has 126 valence electrons. The third-order valence-corrected chi connectivity index (χ3v) is 5.50. The Morgan fingerprint density at radius 2 is 1.88 bits per heavy atom. The number of rotatable bonds is 2. The second-order valence-electron chi connectivity index (χ2n) is 5.99. The van der Waals surface area contributed by atoms with E-state index in [0.29, 0.717) is 6.54 Å². The van der Waals surface area contributed by atoms with Crippen LogP contribution in [0.5, 0.6) is 0 Å². The monoisotopic (exact) mass is 355 g/mol. The van der Waals surface area contributed by atoms with E-state index in [-0.39, 0.29) is 11.6 Å². The molecule has 1 atom stereocenters. The molecule has 25 heavy (non-hydrogen) atoms. The predicted molar refractivity (Wildman–Crippen MR) is 93.7 cm³/mol. The summed E-state index contributed by atoms with van der Waals surface area (Å²) < 4.78 is 27.7.